The molecule has 1 atom stereocenters. The molecular formula is C44H50N10O6. The third-order valence-electron chi connectivity index (χ3n) is 13.2. The summed E-state index contributed by atoms with van der Waals surface area (Å²) in [5, 5.41) is 9.59. The number of carbonyl (C=O) groups is 5. The van der Waals surface area contributed by atoms with Crippen molar-refractivity contribution in [2.24, 2.45) is 11.8 Å². The molecule has 3 aromatic heterocycles. The van der Waals surface area contributed by atoms with Gasteiger partial charge in [-0.2, -0.15) is 4.98 Å². The number of aryl methyl sites for hydroxylation is 1. The van der Waals surface area contributed by atoms with E-state index in [9.17, 15) is 28.8 Å². The number of hydrogen-bond acceptors (Lipinski definition) is 13. The maximum Gasteiger partial charge on any atom is 0.264 e. The molecule has 2 saturated carbocycles. The summed E-state index contributed by atoms with van der Waals surface area (Å²) in [5.74, 6) is -0.164. The zero-order valence-electron chi connectivity index (χ0n) is 34.0. The van der Waals surface area contributed by atoms with Gasteiger partial charge in [0.1, 0.15) is 17.5 Å². The lowest BCUT2D eigenvalue weighted by atomic mass is 9.73. The molecule has 16 heteroatoms. The molecule has 2 aliphatic carbocycles. The minimum absolute atomic E-state index is 0.00935. The van der Waals surface area contributed by atoms with Gasteiger partial charge >= 0.3 is 0 Å². The minimum Gasteiger partial charge on any atom is -0.384 e. The number of ketones is 1. The highest BCUT2D eigenvalue weighted by Gasteiger charge is 2.46. The van der Waals surface area contributed by atoms with E-state index in [-0.39, 0.29) is 41.4 Å². The van der Waals surface area contributed by atoms with Crippen LogP contribution in [0.1, 0.15) is 107 Å². The molecule has 9 rings (SSSR count). The van der Waals surface area contributed by atoms with E-state index in [1.165, 1.54) is 6.92 Å². The van der Waals surface area contributed by atoms with Crippen LogP contribution in [0.15, 0.2) is 47.5 Å². The summed E-state index contributed by atoms with van der Waals surface area (Å²) in [4.78, 5) is 96.6. The number of piperazine rings is 1. The number of amides is 4. The van der Waals surface area contributed by atoms with Crippen molar-refractivity contribution in [1.82, 2.24) is 34.6 Å². The Balaban J connectivity index is 0.734. The Bertz CT molecular complexity index is 2450. The molecule has 4 amide bonds. The molecule has 3 aliphatic heterocycles. The fourth-order valence-electron chi connectivity index (χ4n) is 9.86. The van der Waals surface area contributed by atoms with Crippen LogP contribution in [0.25, 0.3) is 11.0 Å². The Morgan fingerprint density at radius 1 is 0.900 bits per heavy atom. The highest BCUT2D eigenvalue weighted by atomic mass is 16.2. The molecule has 5 aliphatic rings. The van der Waals surface area contributed by atoms with E-state index in [2.05, 4.69) is 41.8 Å². The smallest absolute Gasteiger partial charge is 0.264 e. The third-order valence-corrected chi connectivity index (χ3v) is 13.2. The van der Waals surface area contributed by atoms with Crippen LogP contribution in [-0.4, -0.2) is 104 Å². The van der Waals surface area contributed by atoms with Crippen molar-refractivity contribution in [3.63, 3.8) is 0 Å². The molecule has 312 valence electrons. The molecule has 0 radical (unpaired) electrons. The van der Waals surface area contributed by atoms with Gasteiger partial charge in [0.15, 0.2) is 5.78 Å². The lowest BCUT2D eigenvalue weighted by Gasteiger charge is -2.39. The second kappa shape index (κ2) is 16.2. The SMILES string of the molecule is CC(=O)c1c(C)c2cnc(Nc3ccc(N4CCN(CCC5CC(CNc6cccc7c6C(=O)N(C6CCC(=O)NC6=O)C7=O)C5)CC4)cn3)nc2n(C2CCCC2)c1=O. The van der Waals surface area contributed by atoms with Crippen LogP contribution in [0.2, 0.25) is 0 Å². The van der Waals surface area contributed by atoms with Crippen molar-refractivity contribution >= 4 is 63.6 Å². The highest BCUT2D eigenvalue weighted by Crippen LogP contribution is 2.38. The fourth-order valence-corrected chi connectivity index (χ4v) is 9.86. The van der Waals surface area contributed by atoms with Crippen LogP contribution in [0.5, 0.6) is 0 Å². The largest absolute Gasteiger partial charge is 0.384 e. The summed E-state index contributed by atoms with van der Waals surface area (Å²) in [7, 11) is 0. The molecule has 3 N–H and O–H groups in total. The van der Waals surface area contributed by atoms with E-state index in [4.69, 9.17) is 4.98 Å². The number of benzene rings is 1. The number of nitrogens with one attached hydrogen (secondary N) is 3. The second-order valence-corrected chi connectivity index (χ2v) is 17.0. The molecule has 2 saturated heterocycles. The van der Waals surface area contributed by atoms with Gasteiger partial charge in [-0.15, -0.1) is 0 Å². The van der Waals surface area contributed by atoms with Crippen molar-refractivity contribution in [1.29, 1.82) is 0 Å². The molecule has 16 nitrogen and oxygen atoms in total. The van der Waals surface area contributed by atoms with Gasteiger partial charge in [0.2, 0.25) is 17.8 Å². The van der Waals surface area contributed by atoms with E-state index in [1.54, 1.807) is 35.9 Å². The van der Waals surface area contributed by atoms with Gasteiger partial charge in [-0.05, 0) is 101 Å². The van der Waals surface area contributed by atoms with Gasteiger partial charge in [0, 0.05) is 62.5 Å². The van der Waals surface area contributed by atoms with E-state index in [1.807, 2.05) is 12.3 Å². The number of rotatable bonds is 12. The maximum absolute atomic E-state index is 13.6. The first kappa shape index (κ1) is 39.4. The average Bonchev–Trinajstić information content (AvgIpc) is 3.84. The van der Waals surface area contributed by atoms with Crippen LogP contribution < -0.4 is 26.4 Å². The second-order valence-electron chi connectivity index (χ2n) is 17.0. The Hall–Kier alpha value is -6.03. The monoisotopic (exact) mass is 814 g/mol. The number of pyridine rings is 2. The molecule has 60 heavy (non-hydrogen) atoms. The number of Topliss-reactive ketones (excluding diaryl/α,β-unsaturated/α-hetero) is 1. The molecule has 0 bridgehead atoms. The van der Waals surface area contributed by atoms with Crippen LogP contribution in [0.4, 0.5) is 23.1 Å². The normalized spacial score (nSPS) is 22.3. The Morgan fingerprint density at radius 2 is 1.68 bits per heavy atom. The van der Waals surface area contributed by atoms with Gasteiger partial charge in [-0.1, -0.05) is 18.9 Å². The van der Waals surface area contributed by atoms with Crippen LogP contribution in [0, 0.1) is 18.8 Å². The van der Waals surface area contributed by atoms with E-state index in [0.29, 0.717) is 58.0 Å². The molecule has 4 fully saturated rings. The van der Waals surface area contributed by atoms with E-state index >= 15 is 0 Å². The molecule has 0 spiro atoms. The maximum atomic E-state index is 13.6. The Labute approximate surface area is 347 Å². The van der Waals surface area contributed by atoms with Gasteiger partial charge in [0.05, 0.1) is 28.6 Å². The first-order valence-electron chi connectivity index (χ1n) is 21.3. The zero-order chi connectivity index (χ0) is 41.7. The van der Waals surface area contributed by atoms with Gasteiger partial charge in [-0.3, -0.25) is 48.5 Å². The fraction of sp³-hybridized carbons (Fsp3) is 0.477. The van der Waals surface area contributed by atoms with Crippen molar-refractivity contribution in [2.45, 2.75) is 83.7 Å². The highest BCUT2D eigenvalue weighted by molar-refractivity contribution is 6.25. The number of aromatic nitrogens is 4. The molecule has 4 aromatic rings. The quantitative estimate of drug-likeness (QED) is 0.133. The van der Waals surface area contributed by atoms with Gasteiger partial charge < -0.3 is 15.5 Å². The number of piperidine rings is 1. The standard InChI is InChI=1S/C44H50N10O6/c1-25-32-24-47-44(50-39(32)53(29-6-3-4-7-29)42(59)37(25)26(2)55)48-35-12-10-30(23-46-35)52-18-16-51(17-19-52)15-14-27-20-28(21-27)22-45-33-9-5-8-31-38(33)43(60)54(41(31)58)34-11-13-36(56)49-40(34)57/h5,8-10,12,23-24,27-29,34,45H,3-4,6-7,11,13-22H2,1-2H3,(H,49,56,57)(H,46,47,48,50). The summed E-state index contributed by atoms with van der Waals surface area (Å²) in [6, 6.07) is 8.18. The average molecular weight is 815 g/mol. The van der Waals surface area contributed by atoms with Gasteiger partial charge in [-0.25, -0.2) is 9.97 Å². The first-order valence-corrected chi connectivity index (χ1v) is 21.3. The van der Waals surface area contributed by atoms with Crippen molar-refractivity contribution in [3.8, 4) is 0 Å². The first-order chi connectivity index (χ1) is 29.0. The zero-order valence-corrected chi connectivity index (χ0v) is 34.0. The summed E-state index contributed by atoms with van der Waals surface area (Å²) in [6.45, 7) is 8.73. The predicted octanol–water partition coefficient (Wildman–Crippen LogP) is 4.61. The van der Waals surface area contributed by atoms with Crippen LogP contribution in [-0.2, 0) is 9.59 Å². The lowest BCUT2D eigenvalue weighted by Crippen LogP contribution is -2.54. The van der Waals surface area contributed by atoms with Crippen LogP contribution in [0.3, 0.4) is 0 Å². The summed E-state index contributed by atoms with van der Waals surface area (Å²) >= 11 is 0. The summed E-state index contributed by atoms with van der Waals surface area (Å²) in [6.07, 6.45) is 11.0. The van der Waals surface area contributed by atoms with Crippen molar-refractivity contribution < 1.29 is 24.0 Å². The number of carbonyl (C=O) groups excluding carboxylic acids is 5. The number of imide groups is 2. The van der Waals surface area contributed by atoms with Crippen LogP contribution >= 0.6 is 0 Å². The molecular weight excluding hydrogens is 765 g/mol. The number of fused-ring (bicyclic) bond motifs is 2. The Morgan fingerprint density at radius 3 is 2.40 bits per heavy atom. The van der Waals surface area contributed by atoms with Crippen molar-refractivity contribution in [2.75, 3.05) is 54.8 Å². The van der Waals surface area contributed by atoms with E-state index < -0.39 is 29.7 Å². The summed E-state index contributed by atoms with van der Waals surface area (Å²) < 4.78 is 1.71. The molecule has 6 heterocycles. The topological polar surface area (TPSA) is 192 Å². The molecule has 1 aromatic carbocycles. The molecule has 1 unspecified atom stereocenters. The lowest BCUT2D eigenvalue weighted by molar-refractivity contribution is -0.136. The Kier molecular flexibility index (Phi) is 10.6. The number of anilines is 4. The summed E-state index contributed by atoms with van der Waals surface area (Å²) in [5.41, 5.74) is 3.35. The predicted molar refractivity (Wildman–Crippen MR) is 225 cm³/mol. The van der Waals surface area contributed by atoms with E-state index in [0.717, 1.165) is 88.3 Å². The number of nitrogens with zero attached hydrogens (tertiary/aromatic N) is 7. The minimum atomic E-state index is -0.981. The number of hydrogen-bond donors (Lipinski definition) is 3. The van der Waals surface area contributed by atoms with Crippen molar-refractivity contribution in [3.05, 3.63) is 75.3 Å². The van der Waals surface area contributed by atoms with Gasteiger partial charge in [0.25, 0.3) is 17.4 Å². The third kappa shape index (κ3) is 7.41.